The van der Waals surface area contributed by atoms with Crippen LogP contribution in [0.3, 0.4) is 0 Å². The van der Waals surface area contributed by atoms with Crippen LogP contribution in [-0.4, -0.2) is 48.4 Å². The third-order valence-electron chi connectivity index (χ3n) is 5.61. The molecule has 1 unspecified atom stereocenters. The lowest BCUT2D eigenvalue weighted by atomic mass is 9.98. The second kappa shape index (κ2) is 9.32. The quantitative estimate of drug-likeness (QED) is 0.543. The lowest BCUT2D eigenvalue weighted by Gasteiger charge is -2.25. The second-order valence-electron chi connectivity index (χ2n) is 7.51. The molecule has 7 heteroatoms. The minimum Gasteiger partial charge on any atom is -0.489 e. The molecular weight excluding hydrogens is 430 g/mol. The number of carbonyl (C=O) groups excluding carboxylic acids is 1. The minimum absolute atomic E-state index is 0.106. The van der Waals surface area contributed by atoms with E-state index in [4.69, 9.17) is 21.1 Å². The van der Waals surface area contributed by atoms with Crippen LogP contribution >= 0.6 is 11.6 Å². The van der Waals surface area contributed by atoms with Gasteiger partial charge in [-0.25, -0.2) is 9.59 Å². The summed E-state index contributed by atoms with van der Waals surface area (Å²) in [6.45, 7) is -0.158. The van der Waals surface area contributed by atoms with Crippen molar-refractivity contribution < 1.29 is 24.2 Å². The molecule has 0 heterocycles. The van der Waals surface area contributed by atoms with Crippen molar-refractivity contribution in [1.29, 1.82) is 0 Å². The number of halogens is 1. The molecule has 1 atom stereocenters. The maximum absolute atomic E-state index is 12.7. The largest absolute Gasteiger partial charge is 0.489 e. The van der Waals surface area contributed by atoms with E-state index in [9.17, 15) is 14.7 Å². The van der Waals surface area contributed by atoms with Gasteiger partial charge in [0.1, 0.15) is 19.0 Å². The average Bonchev–Trinajstić information content (AvgIpc) is 3.12. The molecule has 6 nitrogen and oxygen atoms in total. The van der Waals surface area contributed by atoms with Crippen molar-refractivity contribution in [2.45, 2.75) is 12.0 Å². The Morgan fingerprint density at radius 2 is 1.53 bits per heavy atom. The van der Waals surface area contributed by atoms with E-state index >= 15 is 0 Å². The van der Waals surface area contributed by atoms with Gasteiger partial charge in [-0.05, 0) is 34.4 Å². The lowest BCUT2D eigenvalue weighted by molar-refractivity contribution is -0.143. The molecule has 0 radical (unpaired) electrons. The number of benzene rings is 3. The van der Waals surface area contributed by atoms with Crippen molar-refractivity contribution in [2.24, 2.45) is 0 Å². The van der Waals surface area contributed by atoms with Gasteiger partial charge in [-0.3, -0.25) is 4.90 Å². The van der Waals surface area contributed by atoms with Crippen LogP contribution in [0.1, 0.15) is 17.0 Å². The molecule has 1 amide bonds. The van der Waals surface area contributed by atoms with Crippen LogP contribution < -0.4 is 4.74 Å². The number of aliphatic carboxylic acids is 1. The Morgan fingerprint density at radius 1 is 0.969 bits per heavy atom. The first-order chi connectivity index (χ1) is 15.5. The average molecular weight is 452 g/mol. The van der Waals surface area contributed by atoms with Crippen LogP contribution in [0.5, 0.6) is 5.75 Å². The predicted octanol–water partition coefficient (Wildman–Crippen LogP) is 5.05. The summed E-state index contributed by atoms with van der Waals surface area (Å²) < 4.78 is 11.1. The fraction of sp³-hybridized carbons (Fsp3) is 0.200. The zero-order chi connectivity index (χ0) is 22.7. The van der Waals surface area contributed by atoms with Crippen LogP contribution in [0.15, 0.2) is 72.8 Å². The van der Waals surface area contributed by atoms with Crippen molar-refractivity contribution in [1.82, 2.24) is 4.90 Å². The number of para-hydroxylation sites is 1. The fourth-order valence-electron chi connectivity index (χ4n) is 3.90. The summed E-state index contributed by atoms with van der Waals surface area (Å²) in [5, 5.41) is 9.98. The number of fused-ring (bicyclic) bond motifs is 3. The van der Waals surface area contributed by atoms with Gasteiger partial charge in [-0.1, -0.05) is 72.3 Å². The molecule has 0 aliphatic heterocycles. The van der Waals surface area contributed by atoms with Gasteiger partial charge in [0.15, 0.2) is 6.04 Å². The number of hydrogen-bond donors (Lipinski definition) is 1. The zero-order valence-corrected chi connectivity index (χ0v) is 18.2. The van der Waals surface area contributed by atoms with Crippen LogP contribution in [0.4, 0.5) is 4.79 Å². The highest BCUT2D eigenvalue weighted by atomic mass is 35.5. The van der Waals surface area contributed by atoms with Gasteiger partial charge in [0, 0.05) is 13.0 Å². The number of amides is 1. The smallest absolute Gasteiger partial charge is 0.410 e. The topological polar surface area (TPSA) is 76.1 Å². The molecule has 0 fully saturated rings. The van der Waals surface area contributed by atoms with Crippen molar-refractivity contribution in [3.05, 3.63) is 88.9 Å². The molecule has 0 saturated carbocycles. The summed E-state index contributed by atoms with van der Waals surface area (Å²) in [7, 11) is 1.38. The molecule has 3 aromatic rings. The molecule has 0 saturated heterocycles. The maximum Gasteiger partial charge on any atom is 0.410 e. The van der Waals surface area contributed by atoms with Crippen molar-refractivity contribution in [3.63, 3.8) is 0 Å². The standard InChI is InChI=1S/C25H22ClNO5/c1-27(22(24(28)29)15-31-23-13-7-6-12-21(23)26)25(30)32-14-20-18-10-4-2-8-16(18)17-9-3-5-11-19(17)20/h2-13,20,22H,14-15H2,1H3,(H,28,29). The Labute approximate surface area is 191 Å². The van der Waals surface area contributed by atoms with E-state index in [1.807, 2.05) is 36.4 Å². The molecule has 1 aliphatic carbocycles. The summed E-state index contributed by atoms with van der Waals surface area (Å²) in [6, 6.07) is 21.5. The highest BCUT2D eigenvalue weighted by Gasteiger charge is 2.32. The summed E-state index contributed by atoms with van der Waals surface area (Å²) in [6.07, 6.45) is -0.734. The van der Waals surface area contributed by atoms with Crippen LogP contribution in [0.25, 0.3) is 11.1 Å². The molecule has 32 heavy (non-hydrogen) atoms. The van der Waals surface area contributed by atoms with Gasteiger partial charge in [-0.15, -0.1) is 0 Å². The van der Waals surface area contributed by atoms with E-state index in [1.54, 1.807) is 24.3 Å². The highest BCUT2D eigenvalue weighted by molar-refractivity contribution is 6.32. The molecule has 0 aromatic heterocycles. The van der Waals surface area contributed by atoms with Crippen molar-refractivity contribution >= 4 is 23.7 Å². The number of nitrogens with zero attached hydrogens (tertiary/aromatic N) is 1. The monoisotopic (exact) mass is 451 g/mol. The van der Waals surface area contributed by atoms with Crippen LogP contribution in [0, 0.1) is 0 Å². The number of carboxylic acids is 1. The van der Waals surface area contributed by atoms with Crippen molar-refractivity contribution in [3.8, 4) is 16.9 Å². The van der Waals surface area contributed by atoms with E-state index in [2.05, 4.69) is 12.1 Å². The van der Waals surface area contributed by atoms with E-state index in [0.29, 0.717) is 10.8 Å². The van der Waals surface area contributed by atoms with Crippen LogP contribution in [0.2, 0.25) is 5.02 Å². The summed E-state index contributed by atoms with van der Waals surface area (Å²) in [5.74, 6) is -0.961. The number of carboxylic acid groups (broad SMARTS) is 1. The van der Waals surface area contributed by atoms with Gasteiger partial charge >= 0.3 is 12.1 Å². The van der Waals surface area contributed by atoms with Gasteiger partial charge < -0.3 is 14.6 Å². The maximum atomic E-state index is 12.7. The Bertz CT molecular complexity index is 1100. The molecule has 3 aromatic carbocycles. The van der Waals surface area contributed by atoms with E-state index in [1.165, 1.54) is 7.05 Å². The van der Waals surface area contributed by atoms with E-state index in [0.717, 1.165) is 27.2 Å². The van der Waals surface area contributed by atoms with Gasteiger partial charge in [0.25, 0.3) is 0 Å². The highest BCUT2D eigenvalue weighted by Crippen LogP contribution is 2.44. The summed E-state index contributed by atoms with van der Waals surface area (Å²) >= 11 is 6.06. The number of carbonyl (C=O) groups is 2. The first-order valence-corrected chi connectivity index (χ1v) is 10.5. The Morgan fingerprint density at radius 3 is 2.12 bits per heavy atom. The fourth-order valence-corrected chi connectivity index (χ4v) is 4.09. The molecule has 0 spiro atoms. The Balaban J connectivity index is 1.44. The number of ether oxygens (including phenoxy) is 2. The first kappa shape index (κ1) is 21.7. The van der Waals surface area contributed by atoms with Crippen LogP contribution in [-0.2, 0) is 9.53 Å². The SMILES string of the molecule is CN(C(=O)OCC1c2ccccc2-c2ccccc21)C(COc1ccccc1Cl)C(=O)O. The van der Waals surface area contributed by atoms with E-state index in [-0.39, 0.29) is 19.1 Å². The van der Waals surface area contributed by atoms with Gasteiger partial charge in [0.05, 0.1) is 5.02 Å². The van der Waals surface area contributed by atoms with Crippen molar-refractivity contribution in [2.75, 3.05) is 20.3 Å². The van der Waals surface area contributed by atoms with E-state index < -0.39 is 18.1 Å². The third-order valence-corrected chi connectivity index (χ3v) is 5.92. The number of likely N-dealkylation sites (N-methyl/N-ethyl adjacent to an activating group) is 1. The van der Waals surface area contributed by atoms with Gasteiger partial charge in [0.2, 0.25) is 0 Å². The molecule has 0 bridgehead atoms. The molecule has 1 N–H and O–H groups in total. The lowest BCUT2D eigenvalue weighted by Crippen LogP contribution is -2.46. The first-order valence-electron chi connectivity index (χ1n) is 10.2. The normalized spacial score (nSPS) is 13.1. The third kappa shape index (κ3) is 4.27. The predicted molar refractivity (Wildman–Crippen MR) is 121 cm³/mol. The summed E-state index contributed by atoms with van der Waals surface area (Å²) in [5.41, 5.74) is 4.41. The Hall–Kier alpha value is -3.51. The summed E-state index contributed by atoms with van der Waals surface area (Å²) in [4.78, 5) is 25.5. The molecule has 4 rings (SSSR count). The zero-order valence-electron chi connectivity index (χ0n) is 17.4. The second-order valence-corrected chi connectivity index (χ2v) is 7.92. The van der Waals surface area contributed by atoms with Gasteiger partial charge in [-0.2, -0.15) is 0 Å². The minimum atomic E-state index is -1.23. The molecular formula is C25H22ClNO5. The number of rotatable bonds is 7. The molecule has 164 valence electrons. The Kier molecular flexibility index (Phi) is 6.32. The molecule has 1 aliphatic rings. The number of hydrogen-bond acceptors (Lipinski definition) is 4.